The van der Waals surface area contributed by atoms with Crippen LogP contribution in [-0.2, 0) is 30.8 Å². The van der Waals surface area contributed by atoms with Crippen molar-refractivity contribution in [2.75, 3.05) is 19.8 Å². The lowest BCUT2D eigenvalue weighted by atomic mass is 10.3. The molecule has 21 heavy (non-hydrogen) atoms. The van der Waals surface area contributed by atoms with E-state index in [2.05, 4.69) is 0 Å². The molecule has 1 aliphatic rings. The lowest BCUT2D eigenvalue weighted by molar-refractivity contribution is -0.136. The smallest absolute Gasteiger partial charge is 0.308 e. The summed E-state index contributed by atoms with van der Waals surface area (Å²) < 4.78 is 31.1. The third-order valence-corrected chi connectivity index (χ3v) is 6.39. The third-order valence-electron chi connectivity index (χ3n) is 2.93. The van der Waals surface area contributed by atoms with Gasteiger partial charge in [-0.3, -0.25) is 9.59 Å². The summed E-state index contributed by atoms with van der Waals surface area (Å²) in [4.78, 5) is 22.4. The lowest BCUT2D eigenvalue weighted by Crippen LogP contribution is -2.54. The molecule has 1 unspecified atom stereocenters. The first-order chi connectivity index (χ1) is 9.82. The monoisotopic (exact) mass is 334 g/mol. The number of sulfonamides is 1. The molecule has 0 spiro atoms. The Hall–Kier alpha value is -1.49. The zero-order valence-electron chi connectivity index (χ0n) is 10.9. The summed E-state index contributed by atoms with van der Waals surface area (Å²) in [7, 11) is -3.89. The first-order valence-corrected chi connectivity index (χ1v) is 8.27. The number of amides is 1. The van der Waals surface area contributed by atoms with Crippen LogP contribution in [0.4, 0.5) is 0 Å². The Morgan fingerprint density at radius 1 is 1.48 bits per heavy atom. The van der Waals surface area contributed by atoms with Gasteiger partial charge in [0.05, 0.1) is 19.6 Å². The molecule has 3 N–H and O–H groups in total. The van der Waals surface area contributed by atoms with Crippen LogP contribution in [0.25, 0.3) is 0 Å². The molecule has 0 bridgehead atoms. The van der Waals surface area contributed by atoms with Crippen LogP contribution in [0.1, 0.15) is 4.88 Å². The minimum atomic E-state index is -3.89. The second kappa shape index (κ2) is 6.10. The summed E-state index contributed by atoms with van der Waals surface area (Å²) in [6.07, 6.45) is -0.247. The van der Waals surface area contributed by atoms with Crippen molar-refractivity contribution in [2.24, 2.45) is 5.73 Å². The van der Waals surface area contributed by atoms with Crippen molar-refractivity contribution in [2.45, 2.75) is 16.7 Å². The van der Waals surface area contributed by atoms with Crippen molar-refractivity contribution >= 4 is 33.2 Å². The van der Waals surface area contributed by atoms with E-state index in [4.69, 9.17) is 15.6 Å². The largest absolute Gasteiger partial charge is 0.481 e. The molecular weight excluding hydrogens is 320 g/mol. The van der Waals surface area contributed by atoms with Gasteiger partial charge in [0.15, 0.2) is 0 Å². The van der Waals surface area contributed by atoms with Crippen molar-refractivity contribution in [3.05, 3.63) is 17.0 Å². The summed E-state index contributed by atoms with van der Waals surface area (Å²) >= 11 is 0.872. The van der Waals surface area contributed by atoms with Gasteiger partial charge >= 0.3 is 5.97 Å². The number of morpholine rings is 1. The number of primary amides is 1. The van der Waals surface area contributed by atoms with Crippen LogP contribution in [-0.4, -0.2) is 55.5 Å². The molecule has 116 valence electrons. The molecule has 1 amide bonds. The molecule has 1 atom stereocenters. The number of hydrogen-bond acceptors (Lipinski definition) is 6. The molecule has 1 aromatic heterocycles. The Balaban J connectivity index is 2.29. The van der Waals surface area contributed by atoms with Gasteiger partial charge < -0.3 is 15.6 Å². The predicted molar refractivity (Wildman–Crippen MR) is 73.4 cm³/mol. The molecule has 8 nitrogen and oxygen atoms in total. The van der Waals surface area contributed by atoms with Crippen LogP contribution < -0.4 is 5.73 Å². The van der Waals surface area contributed by atoms with Gasteiger partial charge in [-0.15, -0.1) is 11.3 Å². The molecule has 0 radical (unpaired) electrons. The van der Waals surface area contributed by atoms with E-state index in [1.807, 2.05) is 0 Å². The van der Waals surface area contributed by atoms with Crippen molar-refractivity contribution in [3.8, 4) is 0 Å². The second-order valence-corrected chi connectivity index (χ2v) is 7.69. The van der Waals surface area contributed by atoms with Crippen LogP contribution >= 0.6 is 11.3 Å². The summed E-state index contributed by atoms with van der Waals surface area (Å²) in [5.74, 6) is -1.82. The van der Waals surface area contributed by atoms with E-state index < -0.39 is 27.9 Å². The number of thiophene rings is 1. The van der Waals surface area contributed by atoms with Gasteiger partial charge in [-0.2, -0.15) is 4.31 Å². The first-order valence-electron chi connectivity index (χ1n) is 6.02. The van der Waals surface area contributed by atoms with Crippen LogP contribution in [0.2, 0.25) is 0 Å². The van der Waals surface area contributed by atoms with Crippen molar-refractivity contribution in [1.82, 2.24) is 4.31 Å². The Labute approximate surface area is 125 Å². The quantitative estimate of drug-likeness (QED) is 0.729. The van der Waals surface area contributed by atoms with Crippen LogP contribution in [0, 0.1) is 0 Å². The highest BCUT2D eigenvalue weighted by Gasteiger charge is 2.38. The number of hydrogen-bond donors (Lipinski definition) is 2. The maximum absolute atomic E-state index is 12.5. The highest BCUT2D eigenvalue weighted by molar-refractivity contribution is 7.91. The molecule has 2 heterocycles. The lowest BCUT2D eigenvalue weighted by Gasteiger charge is -2.31. The molecule has 0 aliphatic carbocycles. The molecule has 10 heteroatoms. The third kappa shape index (κ3) is 3.40. The van der Waals surface area contributed by atoms with Gasteiger partial charge in [-0.25, -0.2) is 8.42 Å². The molecule has 1 aromatic rings. The van der Waals surface area contributed by atoms with Gasteiger partial charge in [-0.1, -0.05) is 0 Å². The summed E-state index contributed by atoms with van der Waals surface area (Å²) in [6, 6.07) is 1.74. The van der Waals surface area contributed by atoms with Crippen LogP contribution in [0.5, 0.6) is 0 Å². The van der Waals surface area contributed by atoms with Crippen LogP contribution in [0.15, 0.2) is 16.3 Å². The van der Waals surface area contributed by atoms with Crippen molar-refractivity contribution in [3.63, 3.8) is 0 Å². The molecule has 2 rings (SSSR count). The Morgan fingerprint density at radius 2 is 2.19 bits per heavy atom. The fourth-order valence-electron chi connectivity index (χ4n) is 1.96. The number of aliphatic carboxylic acids is 1. The zero-order chi connectivity index (χ0) is 15.6. The SMILES string of the molecule is NC(=O)C1COCCN1S(=O)(=O)c1ccc(CC(=O)O)s1. The average Bonchev–Trinajstić information content (AvgIpc) is 2.87. The van der Waals surface area contributed by atoms with Crippen molar-refractivity contribution in [1.29, 1.82) is 0 Å². The Bertz CT molecular complexity index is 653. The minimum absolute atomic E-state index is 0.00750. The predicted octanol–water partition coefficient (Wildman–Crippen LogP) is -0.750. The van der Waals surface area contributed by atoms with E-state index in [1.54, 1.807) is 0 Å². The van der Waals surface area contributed by atoms with Crippen molar-refractivity contribution < 1.29 is 27.9 Å². The summed E-state index contributed by atoms with van der Waals surface area (Å²) in [6.45, 7) is 0.125. The standard InChI is InChI=1S/C11H14N2O6S2/c12-11(16)8-6-19-4-3-13(8)21(17,18)10-2-1-7(20-10)5-9(14)15/h1-2,8H,3-6H2,(H2,12,16)(H,14,15). The number of carboxylic acids is 1. The maximum atomic E-state index is 12.5. The summed E-state index contributed by atoms with van der Waals surface area (Å²) in [5.41, 5.74) is 5.20. The topological polar surface area (TPSA) is 127 Å². The Morgan fingerprint density at radius 3 is 2.81 bits per heavy atom. The fourth-order valence-corrected chi connectivity index (χ4v) is 5.00. The number of carbonyl (C=O) groups excluding carboxylic acids is 1. The number of nitrogens with zero attached hydrogens (tertiary/aromatic N) is 1. The fraction of sp³-hybridized carbons (Fsp3) is 0.455. The van der Waals surface area contributed by atoms with E-state index in [0.717, 1.165) is 15.6 Å². The van der Waals surface area contributed by atoms with Gasteiger partial charge in [0, 0.05) is 11.4 Å². The van der Waals surface area contributed by atoms with E-state index in [0.29, 0.717) is 4.88 Å². The molecule has 0 saturated carbocycles. The van der Waals surface area contributed by atoms with Gasteiger partial charge in [-0.05, 0) is 12.1 Å². The number of nitrogens with two attached hydrogens (primary N) is 1. The molecule has 1 aliphatic heterocycles. The van der Waals surface area contributed by atoms with Gasteiger partial charge in [0.1, 0.15) is 10.3 Å². The van der Waals surface area contributed by atoms with Gasteiger partial charge in [0.2, 0.25) is 5.91 Å². The number of ether oxygens (including phenoxy) is 1. The normalized spacial score (nSPS) is 20.3. The molecule has 1 fully saturated rings. The zero-order valence-corrected chi connectivity index (χ0v) is 12.5. The van der Waals surface area contributed by atoms with E-state index in [-0.39, 0.29) is 30.4 Å². The highest BCUT2D eigenvalue weighted by atomic mass is 32.2. The molecule has 1 saturated heterocycles. The minimum Gasteiger partial charge on any atom is -0.481 e. The summed E-state index contributed by atoms with van der Waals surface area (Å²) in [5, 5.41) is 8.71. The van der Waals surface area contributed by atoms with Crippen LogP contribution in [0.3, 0.4) is 0 Å². The number of carbonyl (C=O) groups is 2. The molecular formula is C11H14N2O6S2. The van der Waals surface area contributed by atoms with E-state index in [1.165, 1.54) is 12.1 Å². The average molecular weight is 334 g/mol. The maximum Gasteiger partial charge on any atom is 0.308 e. The molecule has 0 aromatic carbocycles. The highest BCUT2D eigenvalue weighted by Crippen LogP contribution is 2.27. The first kappa shape index (κ1) is 15.9. The number of rotatable bonds is 5. The van der Waals surface area contributed by atoms with E-state index >= 15 is 0 Å². The Kier molecular flexibility index (Phi) is 4.61. The van der Waals surface area contributed by atoms with E-state index in [9.17, 15) is 18.0 Å². The number of carboxylic acid groups (broad SMARTS) is 1. The second-order valence-electron chi connectivity index (χ2n) is 4.40. The van der Waals surface area contributed by atoms with Gasteiger partial charge in [0.25, 0.3) is 10.0 Å².